The first-order valence-electron chi connectivity index (χ1n) is 7.98. The van der Waals surface area contributed by atoms with Crippen LogP contribution in [0.2, 0.25) is 0 Å². The number of carbonyl (C=O) groups excluding carboxylic acids is 1. The first kappa shape index (κ1) is 16.1. The Balaban J connectivity index is 1.52. The highest BCUT2D eigenvalue weighted by atomic mass is 32.1. The predicted octanol–water partition coefficient (Wildman–Crippen LogP) is 2.13. The van der Waals surface area contributed by atoms with Crippen LogP contribution in [0.3, 0.4) is 0 Å². The number of likely N-dealkylation sites (tertiary alicyclic amines) is 1. The van der Waals surface area contributed by atoms with E-state index in [2.05, 4.69) is 15.2 Å². The van der Waals surface area contributed by atoms with Crippen molar-refractivity contribution in [3.05, 3.63) is 51.5 Å². The number of hydrogen-bond acceptors (Lipinski definition) is 5. The van der Waals surface area contributed by atoms with Crippen molar-refractivity contribution in [3.63, 3.8) is 0 Å². The van der Waals surface area contributed by atoms with Gasteiger partial charge in [-0.1, -0.05) is 24.3 Å². The highest BCUT2D eigenvalue weighted by molar-refractivity contribution is 7.13. The van der Waals surface area contributed by atoms with Crippen molar-refractivity contribution < 1.29 is 4.79 Å². The quantitative estimate of drug-likeness (QED) is 0.851. The number of benzene rings is 1. The average Bonchev–Trinajstić information content (AvgIpc) is 3.25. The Hall–Kier alpha value is -1.76. The molecule has 0 bridgehead atoms. The third-order valence-electron chi connectivity index (χ3n) is 4.05. The minimum absolute atomic E-state index is 0.0573. The molecule has 0 saturated carbocycles. The van der Waals surface area contributed by atoms with Crippen LogP contribution in [0.15, 0.2) is 30.5 Å². The lowest BCUT2D eigenvalue weighted by molar-refractivity contribution is 0.0955. The van der Waals surface area contributed by atoms with E-state index in [0.717, 1.165) is 35.8 Å². The van der Waals surface area contributed by atoms with Crippen molar-refractivity contribution >= 4 is 17.2 Å². The Morgan fingerprint density at radius 1 is 1.22 bits per heavy atom. The van der Waals surface area contributed by atoms with Gasteiger partial charge in [-0.2, -0.15) is 0 Å². The molecule has 0 spiro atoms. The smallest absolute Gasteiger partial charge is 0.263 e. The van der Waals surface area contributed by atoms with Gasteiger partial charge >= 0.3 is 0 Å². The van der Waals surface area contributed by atoms with Gasteiger partial charge in [-0.05, 0) is 37.1 Å². The Bertz CT molecular complexity index is 647. The van der Waals surface area contributed by atoms with Gasteiger partial charge in [-0.25, -0.2) is 4.98 Å². The Morgan fingerprint density at radius 3 is 2.61 bits per heavy atom. The molecular formula is C17H22N4OS. The monoisotopic (exact) mass is 330 g/mol. The molecule has 2 heterocycles. The highest BCUT2D eigenvalue weighted by Crippen LogP contribution is 2.18. The van der Waals surface area contributed by atoms with E-state index in [9.17, 15) is 4.79 Å². The topological polar surface area (TPSA) is 71.2 Å². The molecule has 1 aliphatic heterocycles. The molecule has 3 N–H and O–H groups in total. The van der Waals surface area contributed by atoms with Crippen LogP contribution in [-0.2, 0) is 19.6 Å². The zero-order valence-corrected chi connectivity index (χ0v) is 13.9. The largest absolute Gasteiger partial charge is 0.347 e. The summed E-state index contributed by atoms with van der Waals surface area (Å²) in [6.45, 7) is 4.19. The van der Waals surface area contributed by atoms with E-state index in [4.69, 9.17) is 5.73 Å². The van der Waals surface area contributed by atoms with Crippen molar-refractivity contribution in [1.29, 1.82) is 0 Å². The first-order valence-corrected chi connectivity index (χ1v) is 8.79. The van der Waals surface area contributed by atoms with Gasteiger partial charge in [0.1, 0.15) is 9.88 Å². The summed E-state index contributed by atoms with van der Waals surface area (Å²) in [5.74, 6) is -0.0573. The summed E-state index contributed by atoms with van der Waals surface area (Å²) >= 11 is 1.49. The van der Waals surface area contributed by atoms with Gasteiger partial charge in [-0.15, -0.1) is 11.3 Å². The van der Waals surface area contributed by atoms with Gasteiger partial charge < -0.3 is 11.1 Å². The van der Waals surface area contributed by atoms with E-state index in [1.54, 1.807) is 6.20 Å². The number of hydrogen-bond donors (Lipinski definition) is 2. The van der Waals surface area contributed by atoms with Gasteiger partial charge in [0.2, 0.25) is 0 Å². The normalized spacial score (nSPS) is 15.0. The molecule has 0 aliphatic carbocycles. The second kappa shape index (κ2) is 7.68. The van der Waals surface area contributed by atoms with E-state index in [-0.39, 0.29) is 5.91 Å². The molecular weight excluding hydrogens is 308 g/mol. The standard InChI is InChI=1S/C17H22N4OS/c18-9-13-3-5-14(6-4-13)10-20-17(22)15-11-19-16(23-15)12-21-7-1-2-8-21/h3-6,11H,1-2,7-10,12,18H2,(H,20,22). The second-order valence-electron chi connectivity index (χ2n) is 5.80. The van der Waals surface area contributed by atoms with Gasteiger partial charge in [0.15, 0.2) is 0 Å². The van der Waals surface area contributed by atoms with Gasteiger partial charge in [0.05, 0.1) is 12.7 Å². The summed E-state index contributed by atoms with van der Waals surface area (Å²) in [4.78, 5) is 19.7. The number of aromatic nitrogens is 1. The fraction of sp³-hybridized carbons (Fsp3) is 0.412. The maximum Gasteiger partial charge on any atom is 0.263 e. The molecule has 0 atom stereocenters. The number of nitrogens with two attached hydrogens (primary N) is 1. The Morgan fingerprint density at radius 2 is 1.91 bits per heavy atom. The van der Waals surface area contributed by atoms with Crippen molar-refractivity contribution in [3.8, 4) is 0 Å². The summed E-state index contributed by atoms with van der Waals surface area (Å²) in [7, 11) is 0. The maximum atomic E-state index is 12.2. The van der Waals surface area contributed by atoms with Gasteiger partial charge in [-0.3, -0.25) is 9.69 Å². The maximum absolute atomic E-state index is 12.2. The number of nitrogens with one attached hydrogen (secondary N) is 1. The SMILES string of the molecule is NCc1ccc(CNC(=O)c2cnc(CN3CCCC3)s2)cc1. The van der Waals surface area contributed by atoms with Crippen LogP contribution >= 0.6 is 11.3 Å². The number of nitrogens with zero attached hydrogens (tertiary/aromatic N) is 2. The molecule has 0 radical (unpaired) electrons. The number of rotatable bonds is 6. The molecule has 2 aromatic rings. The van der Waals surface area contributed by atoms with E-state index in [1.165, 1.54) is 24.2 Å². The van der Waals surface area contributed by atoms with Gasteiger partial charge in [0, 0.05) is 13.1 Å². The highest BCUT2D eigenvalue weighted by Gasteiger charge is 2.15. The predicted molar refractivity (Wildman–Crippen MR) is 92.1 cm³/mol. The fourth-order valence-corrected chi connectivity index (χ4v) is 3.56. The molecule has 1 fully saturated rings. The fourth-order valence-electron chi connectivity index (χ4n) is 2.68. The van der Waals surface area contributed by atoms with Gasteiger partial charge in [0.25, 0.3) is 5.91 Å². The lowest BCUT2D eigenvalue weighted by atomic mass is 10.1. The first-order chi connectivity index (χ1) is 11.2. The summed E-state index contributed by atoms with van der Waals surface area (Å²) < 4.78 is 0. The minimum atomic E-state index is -0.0573. The average molecular weight is 330 g/mol. The van der Waals surface area contributed by atoms with Crippen molar-refractivity contribution in [2.75, 3.05) is 13.1 Å². The third kappa shape index (κ3) is 4.37. The van der Waals surface area contributed by atoms with E-state index < -0.39 is 0 Å². The molecule has 0 unspecified atom stereocenters. The van der Waals surface area contributed by atoms with E-state index >= 15 is 0 Å². The number of carbonyl (C=O) groups is 1. The van der Waals surface area contributed by atoms with Crippen LogP contribution < -0.4 is 11.1 Å². The Labute approximate surface area is 140 Å². The van der Waals surface area contributed by atoms with Crippen molar-refractivity contribution in [1.82, 2.24) is 15.2 Å². The number of thiazole rings is 1. The summed E-state index contributed by atoms with van der Waals surface area (Å²) in [6.07, 6.45) is 4.21. The zero-order valence-electron chi connectivity index (χ0n) is 13.1. The van der Waals surface area contributed by atoms with Crippen LogP contribution in [0.25, 0.3) is 0 Å². The molecule has 5 nitrogen and oxygen atoms in total. The third-order valence-corrected chi connectivity index (χ3v) is 5.03. The molecule has 23 heavy (non-hydrogen) atoms. The summed E-state index contributed by atoms with van der Waals surface area (Å²) in [5.41, 5.74) is 7.74. The van der Waals surface area contributed by atoms with Crippen LogP contribution in [0.5, 0.6) is 0 Å². The summed E-state index contributed by atoms with van der Waals surface area (Å²) in [6, 6.07) is 7.96. The molecule has 122 valence electrons. The second-order valence-corrected chi connectivity index (χ2v) is 6.92. The van der Waals surface area contributed by atoms with Crippen molar-refractivity contribution in [2.45, 2.75) is 32.5 Å². The molecule has 1 aromatic heterocycles. The minimum Gasteiger partial charge on any atom is -0.347 e. The van der Waals surface area contributed by atoms with Crippen molar-refractivity contribution in [2.24, 2.45) is 5.73 Å². The molecule has 3 rings (SSSR count). The lowest BCUT2D eigenvalue weighted by Gasteiger charge is -2.11. The van der Waals surface area contributed by atoms with E-state index in [0.29, 0.717) is 18.0 Å². The van der Waals surface area contributed by atoms with Crippen LogP contribution in [0.1, 0.15) is 38.6 Å². The molecule has 6 heteroatoms. The van der Waals surface area contributed by atoms with Crippen LogP contribution in [0, 0.1) is 0 Å². The van der Waals surface area contributed by atoms with Crippen LogP contribution in [-0.4, -0.2) is 28.9 Å². The van der Waals surface area contributed by atoms with E-state index in [1.807, 2.05) is 24.3 Å². The molecule has 1 aromatic carbocycles. The van der Waals surface area contributed by atoms with Crippen LogP contribution in [0.4, 0.5) is 0 Å². The summed E-state index contributed by atoms with van der Waals surface area (Å²) in [5, 5.41) is 3.96. The molecule has 1 amide bonds. The lowest BCUT2D eigenvalue weighted by Crippen LogP contribution is -2.21. The molecule has 1 aliphatic rings. The Kier molecular flexibility index (Phi) is 5.38. The zero-order chi connectivity index (χ0) is 16.1. The number of amides is 1. The molecule has 1 saturated heterocycles.